The van der Waals surface area contributed by atoms with Crippen molar-refractivity contribution in [2.45, 2.75) is 40.2 Å². The molecule has 0 aromatic heterocycles. The number of nitrogens with one attached hydrogen (secondary N) is 1. The van der Waals surface area contributed by atoms with E-state index in [1.807, 2.05) is 30.3 Å². The largest absolute Gasteiger partial charge is 0.359 e. The van der Waals surface area contributed by atoms with Crippen molar-refractivity contribution in [3.05, 3.63) is 46.5 Å². The Morgan fingerprint density at radius 3 is 1.86 bits per heavy atom. The number of benzene rings is 1. The summed E-state index contributed by atoms with van der Waals surface area (Å²) in [6.07, 6.45) is 0.558. The number of hydrogen-bond acceptors (Lipinski definition) is 7. The van der Waals surface area contributed by atoms with Gasteiger partial charge in [-0.1, -0.05) is 30.3 Å². The van der Waals surface area contributed by atoms with E-state index in [1.165, 1.54) is 0 Å². The van der Waals surface area contributed by atoms with Crippen molar-refractivity contribution in [1.29, 1.82) is 0 Å². The van der Waals surface area contributed by atoms with Crippen molar-refractivity contribution in [2.24, 2.45) is 0 Å². The smallest absolute Gasteiger partial charge is 0.306 e. The minimum atomic E-state index is -3.68. The van der Waals surface area contributed by atoms with Gasteiger partial charge in [0.15, 0.2) is 0 Å². The van der Waals surface area contributed by atoms with E-state index in [2.05, 4.69) is 5.32 Å². The van der Waals surface area contributed by atoms with Crippen molar-refractivity contribution < 1.29 is 27.2 Å². The average molecular weight is 431 g/mol. The molecular formula is C19H31NO6P2. The van der Waals surface area contributed by atoms with Crippen LogP contribution in [0.5, 0.6) is 0 Å². The van der Waals surface area contributed by atoms with Gasteiger partial charge in [-0.05, 0) is 39.7 Å². The van der Waals surface area contributed by atoms with Gasteiger partial charge in [0, 0.05) is 12.6 Å². The van der Waals surface area contributed by atoms with Gasteiger partial charge in [-0.3, -0.25) is 9.13 Å². The third kappa shape index (κ3) is 5.43. The van der Waals surface area contributed by atoms with E-state index in [0.29, 0.717) is 17.0 Å². The van der Waals surface area contributed by atoms with Gasteiger partial charge in [-0.15, -0.1) is 0 Å². The third-order valence-corrected chi connectivity index (χ3v) is 9.05. The fraction of sp³-hybridized carbons (Fsp3) is 0.579. The highest BCUT2D eigenvalue weighted by molar-refractivity contribution is 7.63. The van der Waals surface area contributed by atoms with Crippen LogP contribution in [-0.2, 0) is 33.6 Å². The number of rotatable bonds is 12. The van der Waals surface area contributed by atoms with Crippen molar-refractivity contribution in [1.82, 2.24) is 5.32 Å². The van der Waals surface area contributed by atoms with E-state index in [-0.39, 0.29) is 39.0 Å². The lowest BCUT2D eigenvalue weighted by Crippen LogP contribution is -2.28. The molecule has 1 heterocycles. The Morgan fingerprint density at radius 1 is 0.857 bits per heavy atom. The fourth-order valence-corrected chi connectivity index (χ4v) is 7.78. The predicted molar refractivity (Wildman–Crippen MR) is 111 cm³/mol. The lowest BCUT2D eigenvalue weighted by molar-refractivity contribution is 0.220. The molecule has 2 rings (SSSR count). The van der Waals surface area contributed by atoms with Crippen LogP contribution in [0, 0.1) is 0 Å². The van der Waals surface area contributed by atoms with Crippen LogP contribution in [0.3, 0.4) is 0 Å². The summed E-state index contributed by atoms with van der Waals surface area (Å²) in [4.78, 5) is 0. The Hall–Kier alpha value is -0.780. The van der Waals surface area contributed by atoms with Crippen LogP contribution < -0.4 is 5.32 Å². The first kappa shape index (κ1) is 23.5. The molecule has 0 spiro atoms. The Balaban J connectivity index is 2.56. The van der Waals surface area contributed by atoms with E-state index in [4.69, 9.17) is 18.1 Å². The van der Waals surface area contributed by atoms with Crippen molar-refractivity contribution in [2.75, 3.05) is 33.0 Å². The molecule has 28 heavy (non-hydrogen) atoms. The summed E-state index contributed by atoms with van der Waals surface area (Å²) in [7, 11) is -7.30. The molecule has 9 heteroatoms. The maximum Gasteiger partial charge on any atom is 0.359 e. The molecule has 0 amide bonds. The van der Waals surface area contributed by atoms with E-state index in [9.17, 15) is 9.13 Å². The highest BCUT2D eigenvalue weighted by atomic mass is 31.2. The molecule has 0 aliphatic carbocycles. The zero-order chi connectivity index (χ0) is 20.6. The van der Waals surface area contributed by atoms with Crippen LogP contribution >= 0.6 is 15.2 Å². The minimum absolute atomic E-state index is 0.208. The summed E-state index contributed by atoms with van der Waals surface area (Å²) in [6, 6.07) is 9.48. The molecule has 1 unspecified atom stereocenters. The minimum Gasteiger partial charge on any atom is -0.306 e. The Morgan fingerprint density at radius 2 is 1.36 bits per heavy atom. The SMILES string of the molecule is CCOP(=O)(OCC)C1=C(P(=O)(OCC)OCC)C(Cc2ccccc2)NC1. The van der Waals surface area contributed by atoms with Crippen LogP contribution in [0.15, 0.2) is 41.0 Å². The summed E-state index contributed by atoms with van der Waals surface area (Å²) < 4.78 is 49.5. The molecular weight excluding hydrogens is 400 g/mol. The molecule has 0 saturated carbocycles. The normalized spacial score (nSPS) is 18.1. The molecule has 1 aromatic rings. The maximum atomic E-state index is 13.7. The summed E-state index contributed by atoms with van der Waals surface area (Å²) in [5.74, 6) is 0. The van der Waals surface area contributed by atoms with E-state index in [0.717, 1.165) is 5.56 Å². The molecule has 0 saturated heterocycles. The lowest BCUT2D eigenvalue weighted by atomic mass is 10.1. The third-order valence-electron chi connectivity index (χ3n) is 4.25. The molecule has 1 aliphatic rings. The number of hydrogen-bond donors (Lipinski definition) is 1. The first-order valence-electron chi connectivity index (χ1n) is 9.73. The molecule has 1 aromatic carbocycles. The second-order valence-corrected chi connectivity index (χ2v) is 10.2. The average Bonchev–Trinajstić information content (AvgIpc) is 3.08. The molecule has 0 radical (unpaired) electrons. The summed E-state index contributed by atoms with van der Waals surface area (Å²) in [6.45, 7) is 8.10. The van der Waals surface area contributed by atoms with Gasteiger partial charge >= 0.3 is 15.2 Å². The zero-order valence-corrected chi connectivity index (χ0v) is 18.8. The van der Waals surface area contributed by atoms with Crippen LogP contribution in [0.1, 0.15) is 33.3 Å². The molecule has 158 valence electrons. The first-order valence-corrected chi connectivity index (χ1v) is 12.8. The quantitative estimate of drug-likeness (QED) is 0.469. The van der Waals surface area contributed by atoms with Gasteiger partial charge in [-0.25, -0.2) is 0 Å². The molecule has 1 aliphatic heterocycles. The van der Waals surface area contributed by atoms with E-state index >= 15 is 0 Å². The second kappa shape index (κ2) is 10.8. The van der Waals surface area contributed by atoms with Crippen LogP contribution in [0.25, 0.3) is 0 Å². The summed E-state index contributed by atoms with van der Waals surface area (Å²) >= 11 is 0. The van der Waals surface area contributed by atoms with Crippen LogP contribution in [-0.4, -0.2) is 39.0 Å². The topological polar surface area (TPSA) is 83.1 Å². The van der Waals surface area contributed by atoms with Crippen molar-refractivity contribution in [3.63, 3.8) is 0 Å². The monoisotopic (exact) mass is 431 g/mol. The summed E-state index contributed by atoms with van der Waals surface area (Å²) in [5.41, 5.74) is 1.06. The van der Waals surface area contributed by atoms with Gasteiger partial charge < -0.3 is 23.4 Å². The van der Waals surface area contributed by atoms with E-state index in [1.54, 1.807) is 27.7 Å². The van der Waals surface area contributed by atoms with Crippen molar-refractivity contribution >= 4 is 15.2 Å². The van der Waals surface area contributed by atoms with E-state index < -0.39 is 15.2 Å². The van der Waals surface area contributed by atoms with Crippen LogP contribution in [0.4, 0.5) is 0 Å². The Kier molecular flexibility index (Phi) is 9.10. The van der Waals surface area contributed by atoms with Gasteiger partial charge in [0.1, 0.15) is 0 Å². The molecule has 1 N–H and O–H groups in total. The first-order chi connectivity index (χ1) is 13.4. The Bertz CT molecular complexity index is 732. The van der Waals surface area contributed by atoms with Gasteiger partial charge in [0.05, 0.1) is 37.1 Å². The van der Waals surface area contributed by atoms with Gasteiger partial charge in [0.2, 0.25) is 0 Å². The predicted octanol–water partition coefficient (Wildman–Crippen LogP) is 4.94. The Labute approximate surface area is 167 Å². The molecule has 0 fully saturated rings. The highest BCUT2D eigenvalue weighted by Crippen LogP contribution is 2.68. The maximum absolute atomic E-state index is 13.7. The molecule has 7 nitrogen and oxygen atoms in total. The zero-order valence-electron chi connectivity index (χ0n) is 17.1. The lowest BCUT2D eigenvalue weighted by Gasteiger charge is -2.26. The summed E-state index contributed by atoms with van der Waals surface area (Å²) in [5, 5.41) is 4.05. The van der Waals surface area contributed by atoms with Crippen LogP contribution in [0.2, 0.25) is 0 Å². The second-order valence-electron chi connectivity index (χ2n) is 6.12. The molecule has 1 atom stereocenters. The van der Waals surface area contributed by atoms with Gasteiger partial charge in [-0.2, -0.15) is 0 Å². The fourth-order valence-electron chi connectivity index (χ4n) is 3.26. The molecule has 0 bridgehead atoms. The standard InChI is InChI=1S/C19H31NO6P2/c1-5-23-27(21,24-6-2)18-15-20-17(14-16-12-10-9-11-13-16)19(18)28(22,25-7-3)26-8-4/h9-13,17,20H,5-8,14-15H2,1-4H3. The van der Waals surface area contributed by atoms with Gasteiger partial charge in [0.25, 0.3) is 0 Å². The van der Waals surface area contributed by atoms with Crippen molar-refractivity contribution in [3.8, 4) is 0 Å². The highest BCUT2D eigenvalue weighted by Gasteiger charge is 2.47.